The first-order chi connectivity index (χ1) is 6.36. The van der Waals surface area contributed by atoms with Gasteiger partial charge in [-0.1, -0.05) is 6.08 Å². The van der Waals surface area contributed by atoms with Crippen molar-refractivity contribution in [1.82, 2.24) is 9.88 Å². The van der Waals surface area contributed by atoms with E-state index in [0.717, 1.165) is 19.5 Å². The SMILES string of the molecule is CN1CC=C(c2ccncc2)CC1.Cl. The highest BCUT2D eigenvalue weighted by Crippen LogP contribution is 2.20. The van der Waals surface area contributed by atoms with Gasteiger partial charge >= 0.3 is 0 Å². The lowest BCUT2D eigenvalue weighted by molar-refractivity contribution is 0.370. The highest BCUT2D eigenvalue weighted by Gasteiger charge is 2.08. The zero-order chi connectivity index (χ0) is 9.10. The molecule has 0 radical (unpaired) electrons. The van der Waals surface area contributed by atoms with Gasteiger partial charge in [0.2, 0.25) is 0 Å². The van der Waals surface area contributed by atoms with Crippen LogP contribution in [0.4, 0.5) is 0 Å². The first kappa shape index (κ1) is 11.2. The first-order valence-corrected chi connectivity index (χ1v) is 4.64. The van der Waals surface area contributed by atoms with Crippen molar-refractivity contribution >= 4 is 18.0 Å². The second kappa shape index (κ2) is 5.13. The lowest BCUT2D eigenvalue weighted by Crippen LogP contribution is -2.23. The maximum atomic E-state index is 4.02. The summed E-state index contributed by atoms with van der Waals surface area (Å²) in [6.45, 7) is 2.23. The summed E-state index contributed by atoms with van der Waals surface area (Å²) >= 11 is 0. The minimum atomic E-state index is 0. The molecule has 0 atom stereocenters. The van der Waals surface area contributed by atoms with Crippen molar-refractivity contribution < 1.29 is 0 Å². The van der Waals surface area contributed by atoms with E-state index >= 15 is 0 Å². The van der Waals surface area contributed by atoms with Crippen LogP contribution in [0.1, 0.15) is 12.0 Å². The van der Waals surface area contributed by atoms with Gasteiger partial charge in [0.1, 0.15) is 0 Å². The van der Waals surface area contributed by atoms with E-state index < -0.39 is 0 Å². The monoisotopic (exact) mass is 210 g/mol. The van der Waals surface area contributed by atoms with Gasteiger partial charge in [-0.2, -0.15) is 0 Å². The van der Waals surface area contributed by atoms with Crippen LogP contribution in [0, 0.1) is 0 Å². The normalized spacial score (nSPS) is 17.1. The number of hydrogen-bond donors (Lipinski definition) is 0. The van der Waals surface area contributed by atoms with Gasteiger partial charge in [-0.3, -0.25) is 4.98 Å². The molecule has 2 heterocycles. The molecule has 2 nitrogen and oxygen atoms in total. The Morgan fingerprint density at radius 1 is 1.29 bits per heavy atom. The van der Waals surface area contributed by atoms with Gasteiger partial charge < -0.3 is 4.90 Å². The summed E-state index contributed by atoms with van der Waals surface area (Å²) in [6, 6.07) is 4.16. The average Bonchev–Trinajstić information content (AvgIpc) is 2.20. The van der Waals surface area contributed by atoms with Gasteiger partial charge in [-0.05, 0) is 36.7 Å². The van der Waals surface area contributed by atoms with Crippen molar-refractivity contribution in [2.75, 3.05) is 20.1 Å². The molecule has 0 saturated carbocycles. The van der Waals surface area contributed by atoms with Crippen molar-refractivity contribution in [3.8, 4) is 0 Å². The zero-order valence-corrected chi connectivity index (χ0v) is 9.13. The highest BCUT2D eigenvalue weighted by atomic mass is 35.5. The van der Waals surface area contributed by atoms with Crippen molar-refractivity contribution in [3.05, 3.63) is 36.2 Å². The summed E-state index contributed by atoms with van der Waals surface area (Å²) in [7, 11) is 2.15. The molecule has 3 heteroatoms. The van der Waals surface area contributed by atoms with Crippen LogP contribution in [-0.2, 0) is 0 Å². The second-order valence-corrected chi connectivity index (χ2v) is 3.48. The Morgan fingerprint density at radius 2 is 2.00 bits per heavy atom. The summed E-state index contributed by atoms with van der Waals surface area (Å²) in [4.78, 5) is 6.34. The first-order valence-electron chi connectivity index (χ1n) is 4.64. The molecule has 0 bridgehead atoms. The molecule has 14 heavy (non-hydrogen) atoms. The number of aromatic nitrogens is 1. The van der Waals surface area contributed by atoms with Gasteiger partial charge in [0, 0.05) is 25.5 Å². The van der Waals surface area contributed by atoms with Crippen LogP contribution in [-0.4, -0.2) is 30.0 Å². The molecule has 2 rings (SSSR count). The lowest BCUT2D eigenvalue weighted by Gasteiger charge is -2.21. The summed E-state index contributed by atoms with van der Waals surface area (Å²) in [6.07, 6.45) is 7.17. The largest absolute Gasteiger partial charge is 0.302 e. The van der Waals surface area contributed by atoms with Crippen LogP contribution in [0.2, 0.25) is 0 Å². The Balaban J connectivity index is 0.000000980. The molecule has 0 aliphatic carbocycles. The molecule has 1 aliphatic heterocycles. The Labute approximate surface area is 91.1 Å². The minimum Gasteiger partial charge on any atom is -0.302 e. The van der Waals surface area contributed by atoms with E-state index in [1.54, 1.807) is 0 Å². The van der Waals surface area contributed by atoms with Crippen molar-refractivity contribution in [1.29, 1.82) is 0 Å². The number of likely N-dealkylation sites (N-methyl/N-ethyl adjacent to an activating group) is 1. The molecule has 1 aliphatic rings. The number of rotatable bonds is 1. The number of hydrogen-bond acceptors (Lipinski definition) is 2. The fourth-order valence-electron chi connectivity index (χ4n) is 1.60. The standard InChI is InChI=1S/C11H14N2.ClH/c1-13-8-4-11(5-9-13)10-2-6-12-7-3-10;/h2-4,6-7H,5,8-9H2,1H3;1H. The van der Waals surface area contributed by atoms with E-state index in [0.29, 0.717) is 0 Å². The molecule has 0 aromatic carbocycles. The summed E-state index contributed by atoms with van der Waals surface area (Å²) in [5.41, 5.74) is 2.78. The molecule has 1 aromatic heterocycles. The van der Waals surface area contributed by atoms with Crippen LogP contribution in [0.5, 0.6) is 0 Å². The number of pyridine rings is 1. The average molecular weight is 211 g/mol. The van der Waals surface area contributed by atoms with E-state index in [1.165, 1.54) is 11.1 Å². The van der Waals surface area contributed by atoms with Gasteiger partial charge in [0.05, 0.1) is 0 Å². The predicted octanol–water partition coefficient (Wildman–Crippen LogP) is 2.22. The Morgan fingerprint density at radius 3 is 2.57 bits per heavy atom. The molecule has 0 spiro atoms. The fourth-order valence-corrected chi connectivity index (χ4v) is 1.60. The third-order valence-corrected chi connectivity index (χ3v) is 2.46. The smallest absolute Gasteiger partial charge is 0.0273 e. The van der Waals surface area contributed by atoms with Crippen LogP contribution >= 0.6 is 12.4 Å². The highest BCUT2D eigenvalue weighted by molar-refractivity contribution is 5.85. The van der Waals surface area contributed by atoms with E-state index in [1.807, 2.05) is 12.4 Å². The second-order valence-electron chi connectivity index (χ2n) is 3.48. The molecule has 0 fully saturated rings. The molecular formula is C11H15ClN2. The Bertz CT molecular complexity index is 308. The third-order valence-electron chi connectivity index (χ3n) is 2.46. The Hall–Kier alpha value is -0.860. The van der Waals surface area contributed by atoms with E-state index in [9.17, 15) is 0 Å². The summed E-state index contributed by atoms with van der Waals surface area (Å²) in [5, 5.41) is 0. The topological polar surface area (TPSA) is 16.1 Å². The van der Waals surface area contributed by atoms with Crippen molar-refractivity contribution in [2.45, 2.75) is 6.42 Å². The van der Waals surface area contributed by atoms with Gasteiger partial charge in [0.15, 0.2) is 0 Å². The lowest BCUT2D eigenvalue weighted by atomic mass is 10.0. The van der Waals surface area contributed by atoms with Gasteiger partial charge in [-0.25, -0.2) is 0 Å². The van der Waals surface area contributed by atoms with Crippen LogP contribution in [0.15, 0.2) is 30.6 Å². The molecular weight excluding hydrogens is 196 g/mol. The molecule has 0 unspecified atom stereocenters. The van der Waals surface area contributed by atoms with E-state index in [4.69, 9.17) is 0 Å². The molecule has 0 amide bonds. The predicted molar refractivity (Wildman–Crippen MR) is 61.6 cm³/mol. The maximum Gasteiger partial charge on any atom is 0.0273 e. The quantitative estimate of drug-likeness (QED) is 0.707. The fraction of sp³-hybridized carbons (Fsp3) is 0.364. The summed E-state index contributed by atoms with van der Waals surface area (Å²) < 4.78 is 0. The number of halogens is 1. The zero-order valence-electron chi connectivity index (χ0n) is 8.31. The van der Waals surface area contributed by atoms with E-state index in [2.05, 4.69) is 35.1 Å². The van der Waals surface area contributed by atoms with Crippen LogP contribution in [0.25, 0.3) is 5.57 Å². The maximum absolute atomic E-state index is 4.02. The molecule has 0 saturated heterocycles. The molecule has 1 aromatic rings. The van der Waals surface area contributed by atoms with E-state index in [-0.39, 0.29) is 12.4 Å². The number of nitrogens with zero attached hydrogens (tertiary/aromatic N) is 2. The third kappa shape index (κ3) is 2.56. The minimum absolute atomic E-state index is 0. The van der Waals surface area contributed by atoms with Crippen LogP contribution < -0.4 is 0 Å². The van der Waals surface area contributed by atoms with Gasteiger partial charge in [0.25, 0.3) is 0 Å². The van der Waals surface area contributed by atoms with Crippen LogP contribution in [0.3, 0.4) is 0 Å². The molecule has 0 N–H and O–H groups in total. The Kier molecular flexibility index (Phi) is 4.11. The van der Waals surface area contributed by atoms with Crippen molar-refractivity contribution in [3.63, 3.8) is 0 Å². The summed E-state index contributed by atoms with van der Waals surface area (Å²) in [5.74, 6) is 0. The molecule has 76 valence electrons. The van der Waals surface area contributed by atoms with Gasteiger partial charge in [-0.15, -0.1) is 12.4 Å². The van der Waals surface area contributed by atoms with Crippen molar-refractivity contribution in [2.24, 2.45) is 0 Å².